The molecule has 0 amide bonds. The Morgan fingerprint density at radius 1 is 1.78 bits per heavy atom. The van der Waals surface area contributed by atoms with Gasteiger partial charge in [0, 0.05) is 0 Å². The molecule has 6 heteroatoms. The molecule has 4 nitrogen and oxygen atoms in total. The fraction of sp³-hybridized carbons (Fsp3) is 0. The molecule has 46 valence electrons. The fourth-order valence-electron chi connectivity index (χ4n) is 0.573. The molecule has 0 spiro atoms. The van der Waals surface area contributed by atoms with Gasteiger partial charge in [0.05, 0.1) is 0 Å². The SMILES string of the molecule is S=c1[nH]nc2scnn12. The van der Waals surface area contributed by atoms with Gasteiger partial charge in [-0.2, -0.15) is 9.61 Å². The van der Waals surface area contributed by atoms with E-state index in [1.807, 2.05) is 0 Å². The van der Waals surface area contributed by atoms with Crippen LogP contribution >= 0.6 is 23.6 Å². The number of hydrogen-bond acceptors (Lipinski definition) is 4. The van der Waals surface area contributed by atoms with E-state index in [9.17, 15) is 0 Å². The number of nitrogens with one attached hydrogen (secondary N) is 1. The molecule has 0 unspecified atom stereocenters. The van der Waals surface area contributed by atoms with Crippen LogP contribution in [-0.4, -0.2) is 19.8 Å². The minimum Gasteiger partial charge on any atom is -0.249 e. The molecule has 2 rings (SSSR count). The second-order valence-corrected chi connectivity index (χ2v) is 2.66. The Balaban J connectivity index is 3.17. The van der Waals surface area contributed by atoms with Crippen molar-refractivity contribution in [2.24, 2.45) is 0 Å². The van der Waals surface area contributed by atoms with Gasteiger partial charge in [0.2, 0.25) is 9.73 Å². The molecular weight excluding hydrogens is 156 g/mol. The highest BCUT2D eigenvalue weighted by Gasteiger charge is 1.95. The van der Waals surface area contributed by atoms with Gasteiger partial charge in [-0.25, -0.2) is 5.10 Å². The molecule has 0 aliphatic carbocycles. The van der Waals surface area contributed by atoms with Crippen LogP contribution in [0.25, 0.3) is 4.96 Å². The molecule has 0 aliphatic heterocycles. The second-order valence-electron chi connectivity index (χ2n) is 1.46. The lowest BCUT2D eigenvalue weighted by Crippen LogP contribution is -1.79. The first kappa shape index (κ1) is 5.07. The maximum absolute atomic E-state index is 4.83. The molecule has 2 aromatic rings. The van der Waals surface area contributed by atoms with Crippen molar-refractivity contribution < 1.29 is 0 Å². The van der Waals surface area contributed by atoms with Crippen LogP contribution in [0.4, 0.5) is 0 Å². The summed E-state index contributed by atoms with van der Waals surface area (Å²) < 4.78 is 2.13. The summed E-state index contributed by atoms with van der Waals surface area (Å²) in [6, 6.07) is 0. The van der Waals surface area contributed by atoms with Gasteiger partial charge in [-0.15, -0.1) is 5.10 Å². The van der Waals surface area contributed by atoms with Gasteiger partial charge in [-0.3, -0.25) is 0 Å². The van der Waals surface area contributed by atoms with Crippen LogP contribution in [0.1, 0.15) is 0 Å². The molecule has 0 radical (unpaired) electrons. The Morgan fingerprint density at radius 2 is 2.67 bits per heavy atom. The summed E-state index contributed by atoms with van der Waals surface area (Å²) in [4.78, 5) is 0.806. The third-order valence-corrected chi connectivity index (χ3v) is 1.88. The van der Waals surface area contributed by atoms with Gasteiger partial charge < -0.3 is 0 Å². The third kappa shape index (κ3) is 0.600. The van der Waals surface area contributed by atoms with E-state index in [2.05, 4.69) is 15.3 Å². The lowest BCUT2D eigenvalue weighted by atomic mass is 11.3. The number of hydrogen-bond donors (Lipinski definition) is 1. The van der Waals surface area contributed by atoms with Crippen LogP contribution in [0, 0.1) is 4.77 Å². The molecule has 1 N–H and O–H groups in total. The number of nitrogens with zero attached hydrogens (tertiary/aromatic N) is 3. The summed E-state index contributed by atoms with van der Waals surface area (Å²) in [5, 5.41) is 10.4. The highest BCUT2D eigenvalue weighted by Crippen LogP contribution is 2.02. The van der Waals surface area contributed by atoms with E-state index in [-0.39, 0.29) is 0 Å². The lowest BCUT2D eigenvalue weighted by Gasteiger charge is -1.69. The summed E-state index contributed by atoms with van der Waals surface area (Å²) in [6.07, 6.45) is 0. The summed E-state index contributed by atoms with van der Waals surface area (Å²) in [6.45, 7) is 0. The molecule has 2 heterocycles. The third-order valence-electron chi connectivity index (χ3n) is 0.941. The summed E-state index contributed by atoms with van der Waals surface area (Å²) in [5.41, 5.74) is 1.70. The Kier molecular flexibility index (Phi) is 0.908. The maximum atomic E-state index is 4.83. The molecule has 0 aliphatic rings. The van der Waals surface area contributed by atoms with Crippen molar-refractivity contribution in [3.05, 3.63) is 10.3 Å². The predicted octanol–water partition coefficient (Wildman–Crippen LogP) is 0.848. The van der Waals surface area contributed by atoms with E-state index in [4.69, 9.17) is 12.2 Å². The zero-order valence-corrected chi connectivity index (χ0v) is 5.87. The van der Waals surface area contributed by atoms with Crippen LogP contribution < -0.4 is 0 Å². The maximum Gasteiger partial charge on any atom is 0.232 e. The van der Waals surface area contributed by atoms with Crippen LogP contribution in [0.5, 0.6) is 0 Å². The van der Waals surface area contributed by atoms with Crippen molar-refractivity contribution in [2.45, 2.75) is 0 Å². The van der Waals surface area contributed by atoms with Gasteiger partial charge in [0.1, 0.15) is 5.51 Å². The zero-order chi connectivity index (χ0) is 6.27. The Hall–Kier alpha value is -0.750. The van der Waals surface area contributed by atoms with Crippen molar-refractivity contribution in [2.75, 3.05) is 0 Å². The Morgan fingerprint density at radius 3 is 3.44 bits per heavy atom. The summed E-state index contributed by atoms with van der Waals surface area (Å²) >= 11 is 6.28. The Bertz CT molecular complexity index is 368. The van der Waals surface area contributed by atoms with Crippen molar-refractivity contribution in [3.8, 4) is 0 Å². The first-order valence-electron chi connectivity index (χ1n) is 2.25. The van der Waals surface area contributed by atoms with Crippen LogP contribution in [0.15, 0.2) is 5.51 Å². The number of rotatable bonds is 0. The smallest absolute Gasteiger partial charge is 0.232 e. The van der Waals surface area contributed by atoms with Gasteiger partial charge in [0.15, 0.2) is 0 Å². The van der Waals surface area contributed by atoms with E-state index in [1.165, 1.54) is 11.3 Å². The highest BCUT2D eigenvalue weighted by atomic mass is 32.1. The Labute approximate surface area is 59.1 Å². The van der Waals surface area contributed by atoms with Crippen LogP contribution in [0.3, 0.4) is 0 Å². The van der Waals surface area contributed by atoms with Gasteiger partial charge in [0.25, 0.3) is 0 Å². The van der Waals surface area contributed by atoms with E-state index >= 15 is 0 Å². The first-order chi connectivity index (χ1) is 4.38. The number of fused-ring (bicyclic) bond motifs is 1. The van der Waals surface area contributed by atoms with E-state index < -0.39 is 0 Å². The molecule has 0 fully saturated rings. The van der Waals surface area contributed by atoms with Gasteiger partial charge >= 0.3 is 0 Å². The standard InChI is InChI=1S/C3H2N4S2/c8-2-5-6-3-7(2)4-1-9-3/h1H,(H,5,8). The molecular formula is C3H2N4S2. The molecule has 0 bridgehead atoms. The normalized spacial score (nSPS) is 10.7. The second kappa shape index (κ2) is 1.61. The quantitative estimate of drug-likeness (QED) is 0.578. The predicted molar refractivity (Wildman–Crippen MR) is 36.0 cm³/mol. The monoisotopic (exact) mass is 158 g/mol. The van der Waals surface area contributed by atoms with Gasteiger partial charge in [-0.1, -0.05) is 11.3 Å². The molecule has 0 saturated heterocycles. The number of aromatic nitrogens is 4. The molecule has 0 atom stereocenters. The van der Waals surface area contributed by atoms with Crippen molar-refractivity contribution >= 4 is 28.5 Å². The average molecular weight is 158 g/mol. The first-order valence-corrected chi connectivity index (χ1v) is 3.53. The van der Waals surface area contributed by atoms with E-state index in [0.29, 0.717) is 4.77 Å². The molecule has 0 aromatic carbocycles. The minimum absolute atomic E-state index is 0.547. The van der Waals surface area contributed by atoms with Crippen molar-refractivity contribution in [1.29, 1.82) is 0 Å². The minimum atomic E-state index is 0.547. The average Bonchev–Trinajstić information content (AvgIpc) is 2.35. The lowest BCUT2D eigenvalue weighted by molar-refractivity contribution is 0.935. The largest absolute Gasteiger partial charge is 0.249 e. The van der Waals surface area contributed by atoms with Crippen LogP contribution in [0.2, 0.25) is 0 Å². The number of aromatic amines is 1. The van der Waals surface area contributed by atoms with Crippen LogP contribution in [-0.2, 0) is 0 Å². The van der Waals surface area contributed by atoms with Gasteiger partial charge in [-0.05, 0) is 12.2 Å². The summed E-state index contributed by atoms with van der Waals surface area (Å²) in [7, 11) is 0. The molecule has 0 saturated carbocycles. The topological polar surface area (TPSA) is 46.0 Å². The zero-order valence-electron chi connectivity index (χ0n) is 4.24. The molecule has 2 aromatic heterocycles. The van der Waals surface area contributed by atoms with Crippen molar-refractivity contribution in [1.82, 2.24) is 19.8 Å². The van der Waals surface area contributed by atoms with Crippen molar-refractivity contribution in [3.63, 3.8) is 0 Å². The highest BCUT2D eigenvalue weighted by molar-refractivity contribution is 7.71. The summed E-state index contributed by atoms with van der Waals surface area (Å²) in [5.74, 6) is 0. The van der Waals surface area contributed by atoms with E-state index in [1.54, 1.807) is 10.0 Å². The molecule has 9 heavy (non-hydrogen) atoms. The van der Waals surface area contributed by atoms with E-state index in [0.717, 1.165) is 4.96 Å². The fourth-order valence-corrected chi connectivity index (χ4v) is 1.38. The number of H-pyrrole nitrogens is 1.